The molecule has 162 valence electrons. The fourth-order valence-electron chi connectivity index (χ4n) is 4.87. The smallest absolute Gasteiger partial charge is 0.209 e. The molecule has 2 atom stereocenters. The van der Waals surface area contributed by atoms with Gasteiger partial charge in [-0.3, -0.25) is 0 Å². The summed E-state index contributed by atoms with van der Waals surface area (Å²) in [5, 5.41) is 5.82. The van der Waals surface area contributed by atoms with Gasteiger partial charge in [-0.2, -0.15) is 5.10 Å². The molecule has 0 aromatic heterocycles. The van der Waals surface area contributed by atoms with E-state index in [1.807, 2.05) is 41.3 Å². The number of hydrogen-bond acceptors (Lipinski definition) is 5. The molecule has 3 aliphatic heterocycles. The maximum absolute atomic E-state index is 6.62. The van der Waals surface area contributed by atoms with Crippen molar-refractivity contribution in [1.29, 1.82) is 0 Å². The van der Waals surface area contributed by atoms with Crippen LogP contribution in [0.4, 0.5) is 11.4 Å². The molecular weight excluding hydrogens is 425 g/mol. The van der Waals surface area contributed by atoms with E-state index < -0.39 is 6.42 Å². The van der Waals surface area contributed by atoms with Gasteiger partial charge in [0, 0.05) is 30.5 Å². The Morgan fingerprint density at radius 3 is 2.61 bits per heavy atom. The number of nitrogens with zero attached hydrogens (tertiary/aromatic N) is 3. The number of ether oxygens (including phenoxy) is 1. The molecule has 2 aromatic rings. The third-order valence-corrected chi connectivity index (χ3v) is 10.0. The molecule has 0 aliphatic carbocycles. The molecule has 0 bridgehead atoms. The molecule has 0 radical (unpaired) electrons. The number of hydrogen-bond donors (Lipinski definition) is 0. The molecule has 0 spiro atoms. The van der Waals surface area contributed by atoms with Gasteiger partial charge in [0.15, 0.2) is 0 Å². The average Bonchev–Trinajstić information content (AvgIpc) is 3.45. The summed E-state index contributed by atoms with van der Waals surface area (Å²) in [6.45, 7) is 5.82. The van der Waals surface area contributed by atoms with Gasteiger partial charge in [0.05, 0.1) is 29.9 Å². The Bertz CT molecular complexity index is 1090. The topological polar surface area (TPSA) is 37.3 Å². The van der Waals surface area contributed by atoms with Crippen LogP contribution in [-0.2, 0) is 26.5 Å². The highest BCUT2D eigenvalue weighted by Crippen LogP contribution is 2.66. The zero-order valence-electron chi connectivity index (χ0n) is 18.2. The van der Waals surface area contributed by atoms with Crippen LogP contribution in [0.2, 0.25) is 0 Å². The first kappa shape index (κ1) is 20.9. The van der Waals surface area contributed by atoms with Crippen LogP contribution in [0.25, 0.3) is 0 Å². The third-order valence-electron chi connectivity index (χ3n) is 6.40. The first-order chi connectivity index (χ1) is 14.9. The van der Waals surface area contributed by atoms with Gasteiger partial charge in [-0.25, -0.2) is 4.78 Å². The quantitative estimate of drug-likeness (QED) is 0.561. The molecule has 1 fully saturated rings. The monoisotopic (exact) mass is 453 g/mol. The van der Waals surface area contributed by atoms with Crippen molar-refractivity contribution in [2.75, 3.05) is 29.9 Å². The first-order valence-electron chi connectivity index (χ1n) is 10.8. The van der Waals surface area contributed by atoms with Gasteiger partial charge in [-0.1, -0.05) is 50.2 Å². The van der Waals surface area contributed by atoms with Crippen molar-refractivity contribution >= 4 is 35.8 Å². The Morgan fingerprint density at radius 1 is 1.16 bits per heavy atom. The lowest BCUT2D eigenvalue weighted by atomic mass is 9.84. The van der Waals surface area contributed by atoms with Crippen molar-refractivity contribution in [3.8, 4) is 0 Å². The summed E-state index contributed by atoms with van der Waals surface area (Å²) in [7, 11) is 2.12. The molecule has 7 heteroatoms. The molecule has 1 saturated heterocycles. The Kier molecular flexibility index (Phi) is 5.30. The lowest BCUT2D eigenvalue weighted by Gasteiger charge is -2.33. The van der Waals surface area contributed by atoms with E-state index in [0.29, 0.717) is 6.61 Å². The van der Waals surface area contributed by atoms with Gasteiger partial charge in [0.25, 0.3) is 0 Å². The van der Waals surface area contributed by atoms with E-state index in [0.717, 1.165) is 30.5 Å². The molecule has 31 heavy (non-hydrogen) atoms. The summed E-state index contributed by atoms with van der Waals surface area (Å²) >= 11 is 6.38. The number of anilines is 2. The lowest BCUT2D eigenvalue weighted by Crippen LogP contribution is -2.26. The highest BCUT2D eigenvalue weighted by Gasteiger charge is 2.47. The van der Waals surface area contributed by atoms with Crippen molar-refractivity contribution in [3.05, 3.63) is 71.2 Å². The highest BCUT2D eigenvalue weighted by atomic mass is 32.4. The Labute approximate surface area is 189 Å². The average molecular weight is 454 g/mol. The number of likely N-dealkylation sites (N-methyl/N-ethyl adjacent to an activating group) is 1. The van der Waals surface area contributed by atoms with Gasteiger partial charge < -0.3 is 14.2 Å². The summed E-state index contributed by atoms with van der Waals surface area (Å²) in [4.78, 5) is 2.27. The van der Waals surface area contributed by atoms with E-state index in [2.05, 4.69) is 50.1 Å². The van der Waals surface area contributed by atoms with Gasteiger partial charge in [-0.15, -0.1) is 0 Å². The number of fused-ring (bicyclic) bond motifs is 1. The maximum atomic E-state index is 6.62. The zero-order valence-corrected chi connectivity index (χ0v) is 19.9. The molecule has 2 unspecified atom stereocenters. The van der Waals surface area contributed by atoms with Crippen LogP contribution in [0.1, 0.15) is 32.3 Å². The van der Waals surface area contributed by atoms with Crippen molar-refractivity contribution in [2.45, 2.75) is 38.2 Å². The van der Waals surface area contributed by atoms with Crippen LogP contribution in [0.3, 0.4) is 0 Å². The summed E-state index contributed by atoms with van der Waals surface area (Å²) in [5.41, 5.74) is 4.44. The highest BCUT2D eigenvalue weighted by molar-refractivity contribution is 8.15. The third kappa shape index (κ3) is 3.37. The largest absolute Gasteiger partial charge is 0.376 e. The van der Waals surface area contributed by atoms with Gasteiger partial charge in [-0.05, 0) is 48.4 Å². The summed E-state index contributed by atoms with van der Waals surface area (Å²) in [6.07, 6.45) is 1.48. The minimum absolute atomic E-state index is 0.107. The number of hydrazone groups is 1. The van der Waals surface area contributed by atoms with Crippen molar-refractivity contribution < 1.29 is 9.26 Å². The molecule has 3 heterocycles. The van der Waals surface area contributed by atoms with E-state index in [1.165, 1.54) is 16.9 Å². The van der Waals surface area contributed by atoms with Gasteiger partial charge in [0.1, 0.15) is 0 Å². The number of rotatable bonds is 4. The molecule has 0 saturated carbocycles. The molecule has 5 rings (SSSR count). The molecule has 3 aliphatic rings. The fourth-order valence-corrected chi connectivity index (χ4v) is 8.20. The van der Waals surface area contributed by atoms with E-state index in [4.69, 9.17) is 26.2 Å². The van der Waals surface area contributed by atoms with Crippen molar-refractivity contribution in [2.24, 2.45) is 5.10 Å². The summed E-state index contributed by atoms with van der Waals surface area (Å²) in [6, 6.07) is 18.7. The van der Waals surface area contributed by atoms with Gasteiger partial charge >= 0.3 is 0 Å². The summed E-state index contributed by atoms with van der Waals surface area (Å²) < 4.78 is 14.4. The van der Waals surface area contributed by atoms with Gasteiger partial charge in [0.2, 0.25) is 6.42 Å². The predicted molar refractivity (Wildman–Crippen MR) is 132 cm³/mol. The van der Waals surface area contributed by atoms with E-state index in [9.17, 15) is 0 Å². The molecule has 0 N–H and O–H groups in total. The van der Waals surface area contributed by atoms with Crippen molar-refractivity contribution in [3.63, 3.8) is 0 Å². The second-order valence-corrected chi connectivity index (χ2v) is 12.4. The Balaban J connectivity index is 1.62. The number of benzene rings is 2. The van der Waals surface area contributed by atoms with E-state index in [-0.39, 0.29) is 11.5 Å². The molecular formula is C24H28N3O2PS. The number of allylic oxidation sites excluding steroid dienone is 2. The standard InChI is InChI=1S/C24H28N3O2PS/c1-24(2)20-13-7-8-14-21(20)26(3)23(24)22-16-25-27(18-10-5-4-6-11-18)30(22,31)29-17-19-12-9-15-28-19/h4-8,10-11,13-14,16,19H,9,12,15,17H2,1-3H3/b23-22-. The zero-order chi connectivity index (χ0) is 21.6. The van der Waals surface area contributed by atoms with Crippen LogP contribution in [0.5, 0.6) is 0 Å². The second-order valence-electron chi connectivity index (χ2n) is 8.76. The first-order valence-corrected chi connectivity index (χ1v) is 13.4. The Hall–Kier alpha value is -1.98. The maximum Gasteiger partial charge on any atom is 0.209 e. The predicted octanol–water partition coefficient (Wildman–Crippen LogP) is 5.64. The van der Waals surface area contributed by atoms with E-state index in [1.54, 1.807) is 0 Å². The van der Waals surface area contributed by atoms with Crippen LogP contribution in [-0.4, -0.2) is 32.6 Å². The van der Waals surface area contributed by atoms with Crippen LogP contribution in [0, 0.1) is 0 Å². The Morgan fingerprint density at radius 2 is 1.90 bits per heavy atom. The minimum Gasteiger partial charge on any atom is -0.376 e. The normalized spacial score (nSPS) is 29.1. The fraction of sp³-hybridized carbons (Fsp3) is 0.375. The lowest BCUT2D eigenvalue weighted by molar-refractivity contribution is 0.0722. The summed E-state index contributed by atoms with van der Waals surface area (Å²) in [5.74, 6) is 0. The molecule has 0 amide bonds. The van der Waals surface area contributed by atoms with Crippen LogP contribution in [0.15, 0.2) is 70.7 Å². The van der Waals surface area contributed by atoms with Crippen LogP contribution < -0.4 is 9.68 Å². The SMILES string of the molecule is CN1/C(=C2/C=NN(c3ccccc3)P2(=S)OCC2CCCO2)C(C)(C)c2ccccc21. The molecule has 5 nitrogen and oxygen atoms in total. The number of para-hydroxylation sites is 2. The van der Waals surface area contributed by atoms with E-state index >= 15 is 0 Å². The second kappa shape index (κ2) is 7.86. The van der Waals surface area contributed by atoms with Crippen molar-refractivity contribution in [1.82, 2.24) is 0 Å². The molecule has 2 aromatic carbocycles. The minimum atomic E-state index is -2.66. The van der Waals surface area contributed by atoms with Crippen LogP contribution >= 0.6 is 6.42 Å².